The van der Waals surface area contributed by atoms with Crippen LogP contribution in [0.3, 0.4) is 0 Å². The standard InChI is InChI=1S/C7H12N4O2S/c1-11-7(2-3-9-11)14(12,13)10-6-4-8-5-6/h2-3,6,8,10H,4-5H2,1H3. The molecule has 1 fully saturated rings. The second kappa shape index (κ2) is 3.34. The summed E-state index contributed by atoms with van der Waals surface area (Å²) in [6.07, 6.45) is 1.47. The minimum absolute atomic E-state index is 0.00917. The summed E-state index contributed by atoms with van der Waals surface area (Å²) < 4.78 is 27.4. The van der Waals surface area contributed by atoms with Gasteiger partial charge in [0.05, 0.1) is 6.20 Å². The summed E-state index contributed by atoms with van der Waals surface area (Å²) in [5.74, 6) is 0. The molecule has 1 aromatic heterocycles. The van der Waals surface area contributed by atoms with Crippen molar-refractivity contribution in [3.63, 3.8) is 0 Å². The number of nitrogens with one attached hydrogen (secondary N) is 2. The molecular formula is C7H12N4O2S. The van der Waals surface area contributed by atoms with Crippen molar-refractivity contribution in [1.29, 1.82) is 0 Å². The van der Waals surface area contributed by atoms with E-state index >= 15 is 0 Å². The molecular weight excluding hydrogens is 204 g/mol. The molecule has 0 spiro atoms. The number of aryl methyl sites for hydroxylation is 1. The summed E-state index contributed by atoms with van der Waals surface area (Å²) in [7, 11) is -1.79. The van der Waals surface area contributed by atoms with Crippen LogP contribution >= 0.6 is 0 Å². The Bertz CT molecular complexity index is 421. The minimum Gasteiger partial charge on any atom is -0.313 e. The minimum atomic E-state index is -3.40. The fraction of sp³-hybridized carbons (Fsp3) is 0.571. The average Bonchev–Trinajstić information content (AvgIpc) is 2.45. The Balaban J connectivity index is 2.19. The van der Waals surface area contributed by atoms with E-state index in [4.69, 9.17) is 0 Å². The van der Waals surface area contributed by atoms with Gasteiger partial charge in [-0.1, -0.05) is 0 Å². The maximum atomic E-state index is 11.7. The predicted molar refractivity (Wildman–Crippen MR) is 50.2 cm³/mol. The molecule has 6 nitrogen and oxygen atoms in total. The van der Waals surface area contributed by atoms with Gasteiger partial charge in [0.25, 0.3) is 10.0 Å². The zero-order chi connectivity index (χ0) is 10.2. The fourth-order valence-corrected chi connectivity index (χ4v) is 2.64. The average molecular weight is 216 g/mol. The Morgan fingerprint density at radius 1 is 1.64 bits per heavy atom. The highest BCUT2D eigenvalue weighted by Crippen LogP contribution is 2.07. The molecule has 1 aromatic rings. The highest BCUT2D eigenvalue weighted by atomic mass is 32.2. The van der Waals surface area contributed by atoms with E-state index in [2.05, 4.69) is 15.1 Å². The van der Waals surface area contributed by atoms with Crippen molar-refractivity contribution in [2.45, 2.75) is 11.1 Å². The summed E-state index contributed by atoms with van der Waals surface area (Å²) in [4.78, 5) is 0. The van der Waals surface area contributed by atoms with Crippen molar-refractivity contribution in [1.82, 2.24) is 19.8 Å². The molecule has 1 saturated heterocycles. The van der Waals surface area contributed by atoms with Gasteiger partial charge in [0.15, 0.2) is 5.03 Å². The number of rotatable bonds is 3. The largest absolute Gasteiger partial charge is 0.313 e. The third-order valence-electron chi connectivity index (χ3n) is 2.15. The highest BCUT2D eigenvalue weighted by molar-refractivity contribution is 7.89. The third kappa shape index (κ3) is 1.66. The van der Waals surface area contributed by atoms with Crippen LogP contribution in [0.4, 0.5) is 0 Å². The molecule has 0 saturated carbocycles. The molecule has 1 aliphatic rings. The summed E-state index contributed by atoms with van der Waals surface area (Å²) >= 11 is 0. The lowest BCUT2D eigenvalue weighted by Crippen LogP contribution is -2.56. The molecule has 0 radical (unpaired) electrons. The number of aromatic nitrogens is 2. The highest BCUT2D eigenvalue weighted by Gasteiger charge is 2.25. The Hall–Kier alpha value is -0.920. The van der Waals surface area contributed by atoms with E-state index in [-0.39, 0.29) is 11.1 Å². The summed E-state index contributed by atoms with van der Waals surface area (Å²) in [6.45, 7) is 1.38. The molecule has 0 aromatic carbocycles. The molecule has 7 heteroatoms. The Kier molecular flexibility index (Phi) is 2.30. The summed E-state index contributed by atoms with van der Waals surface area (Å²) in [5.41, 5.74) is 0. The zero-order valence-corrected chi connectivity index (χ0v) is 8.58. The zero-order valence-electron chi connectivity index (χ0n) is 7.77. The van der Waals surface area contributed by atoms with E-state index in [1.54, 1.807) is 7.05 Å². The van der Waals surface area contributed by atoms with Gasteiger partial charge in [0, 0.05) is 26.2 Å². The van der Waals surface area contributed by atoms with Crippen LogP contribution in [0.2, 0.25) is 0 Å². The van der Waals surface area contributed by atoms with Crippen molar-refractivity contribution in [3.05, 3.63) is 12.3 Å². The molecule has 0 amide bonds. The fourth-order valence-electron chi connectivity index (χ4n) is 1.28. The van der Waals surface area contributed by atoms with Gasteiger partial charge in [0.2, 0.25) is 0 Å². The van der Waals surface area contributed by atoms with Gasteiger partial charge in [0.1, 0.15) is 0 Å². The Morgan fingerprint density at radius 2 is 2.36 bits per heavy atom. The lowest BCUT2D eigenvalue weighted by molar-refractivity contribution is 0.408. The van der Waals surface area contributed by atoms with Crippen LogP contribution in [0.5, 0.6) is 0 Å². The number of nitrogens with zero attached hydrogens (tertiary/aromatic N) is 2. The van der Waals surface area contributed by atoms with Gasteiger partial charge < -0.3 is 5.32 Å². The van der Waals surface area contributed by atoms with Crippen LogP contribution in [0.15, 0.2) is 17.3 Å². The van der Waals surface area contributed by atoms with Gasteiger partial charge in [-0.25, -0.2) is 13.1 Å². The van der Waals surface area contributed by atoms with Crippen LogP contribution in [-0.2, 0) is 17.1 Å². The molecule has 1 aliphatic heterocycles. The Morgan fingerprint density at radius 3 is 2.79 bits per heavy atom. The summed E-state index contributed by atoms with van der Waals surface area (Å²) in [6, 6.07) is 1.49. The van der Waals surface area contributed by atoms with Crippen LogP contribution in [0.1, 0.15) is 0 Å². The van der Waals surface area contributed by atoms with Crippen molar-refractivity contribution >= 4 is 10.0 Å². The van der Waals surface area contributed by atoms with E-state index in [1.807, 2.05) is 0 Å². The molecule has 78 valence electrons. The maximum Gasteiger partial charge on any atom is 0.258 e. The van der Waals surface area contributed by atoms with Crippen molar-refractivity contribution in [2.75, 3.05) is 13.1 Å². The number of hydrogen-bond donors (Lipinski definition) is 2. The van der Waals surface area contributed by atoms with Crippen LogP contribution < -0.4 is 10.0 Å². The van der Waals surface area contributed by atoms with Crippen LogP contribution in [-0.4, -0.2) is 37.3 Å². The smallest absolute Gasteiger partial charge is 0.258 e. The molecule has 0 unspecified atom stereocenters. The van der Waals surface area contributed by atoms with Gasteiger partial charge in [-0.3, -0.25) is 4.68 Å². The van der Waals surface area contributed by atoms with E-state index in [0.29, 0.717) is 13.1 Å². The van der Waals surface area contributed by atoms with Crippen molar-refractivity contribution < 1.29 is 8.42 Å². The predicted octanol–water partition coefficient (Wildman–Crippen LogP) is -1.33. The van der Waals surface area contributed by atoms with E-state index in [1.165, 1.54) is 16.9 Å². The van der Waals surface area contributed by atoms with Crippen LogP contribution in [0.25, 0.3) is 0 Å². The van der Waals surface area contributed by atoms with Crippen molar-refractivity contribution in [2.24, 2.45) is 7.05 Å². The Labute approximate surface area is 82.4 Å². The number of sulfonamides is 1. The van der Waals surface area contributed by atoms with E-state index in [9.17, 15) is 8.42 Å². The van der Waals surface area contributed by atoms with Crippen molar-refractivity contribution in [3.8, 4) is 0 Å². The number of hydrogen-bond acceptors (Lipinski definition) is 4. The second-order valence-electron chi connectivity index (χ2n) is 3.27. The van der Waals surface area contributed by atoms with E-state index < -0.39 is 10.0 Å². The monoisotopic (exact) mass is 216 g/mol. The first-order valence-corrected chi connectivity index (χ1v) is 5.79. The topological polar surface area (TPSA) is 76.0 Å². The first-order valence-electron chi connectivity index (χ1n) is 4.30. The molecule has 2 rings (SSSR count). The maximum absolute atomic E-state index is 11.7. The molecule has 2 N–H and O–H groups in total. The van der Waals surface area contributed by atoms with Gasteiger partial charge in [-0.05, 0) is 6.07 Å². The molecule has 14 heavy (non-hydrogen) atoms. The van der Waals surface area contributed by atoms with Gasteiger partial charge in [-0.15, -0.1) is 0 Å². The second-order valence-corrected chi connectivity index (χ2v) is 4.93. The quantitative estimate of drug-likeness (QED) is 0.656. The lowest BCUT2D eigenvalue weighted by Gasteiger charge is -2.27. The third-order valence-corrected chi connectivity index (χ3v) is 3.75. The normalized spacial score (nSPS) is 18.1. The van der Waals surface area contributed by atoms with E-state index in [0.717, 1.165) is 0 Å². The van der Waals surface area contributed by atoms with Crippen LogP contribution in [0, 0.1) is 0 Å². The molecule has 0 aliphatic carbocycles. The molecule has 2 heterocycles. The summed E-state index contributed by atoms with van der Waals surface area (Å²) in [5, 5.41) is 7.01. The SMILES string of the molecule is Cn1nccc1S(=O)(=O)NC1CNC1. The van der Waals surface area contributed by atoms with Gasteiger partial charge in [-0.2, -0.15) is 5.10 Å². The first kappa shape index (κ1) is 9.63. The molecule has 0 bridgehead atoms. The van der Waals surface area contributed by atoms with Gasteiger partial charge >= 0.3 is 0 Å². The first-order chi connectivity index (χ1) is 6.59. The molecule has 0 atom stereocenters. The lowest BCUT2D eigenvalue weighted by atomic mass is 10.2.